The highest BCUT2D eigenvalue weighted by Gasteiger charge is 2.33. The molecule has 2 rings (SSSR count). The lowest BCUT2D eigenvalue weighted by Gasteiger charge is -2.28. The second-order valence-electron chi connectivity index (χ2n) is 5.56. The van der Waals surface area contributed by atoms with Gasteiger partial charge in [-0.15, -0.1) is 12.4 Å². The molecule has 0 atom stereocenters. The molecule has 1 aromatic carbocycles. The lowest BCUT2D eigenvalue weighted by atomic mass is 9.98. The van der Waals surface area contributed by atoms with E-state index in [2.05, 4.69) is 5.32 Å². The fraction of sp³-hybridized carbons (Fsp3) is 0.533. The number of nitrogens with zero attached hydrogens (tertiary/aromatic N) is 1. The Bertz CT molecular complexity index is 547. The van der Waals surface area contributed by atoms with Crippen molar-refractivity contribution in [1.29, 1.82) is 0 Å². The summed E-state index contributed by atoms with van der Waals surface area (Å²) in [5.41, 5.74) is 5.39. The van der Waals surface area contributed by atoms with Crippen LogP contribution in [-0.4, -0.2) is 29.5 Å². The normalized spacial score (nSPS) is 15.5. The number of benzene rings is 1. The maximum Gasteiger partial charge on any atom is 0.310 e. The van der Waals surface area contributed by atoms with Gasteiger partial charge in [0, 0.05) is 12.6 Å². The van der Waals surface area contributed by atoms with Crippen molar-refractivity contribution in [1.82, 2.24) is 5.32 Å². The largest absolute Gasteiger partial charge is 0.486 e. The van der Waals surface area contributed by atoms with Crippen molar-refractivity contribution in [3.05, 3.63) is 34.4 Å². The number of nitro groups is 1. The number of halogens is 1. The van der Waals surface area contributed by atoms with Crippen LogP contribution in [-0.2, 0) is 4.79 Å². The van der Waals surface area contributed by atoms with Crippen molar-refractivity contribution in [2.75, 3.05) is 13.2 Å². The molecule has 0 saturated heterocycles. The molecule has 128 valence electrons. The number of carbonyl (C=O) groups excluding carboxylic acids is 1. The topological polar surface area (TPSA) is 107 Å². The average molecular weight is 344 g/mol. The fourth-order valence-electron chi connectivity index (χ4n) is 2.77. The molecule has 0 unspecified atom stereocenters. The number of hydrogen-bond donors (Lipinski definition) is 2. The van der Waals surface area contributed by atoms with E-state index in [0.29, 0.717) is 6.54 Å². The van der Waals surface area contributed by atoms with Gasteiger partial charge in [0.1, 0.15) is 0 Å². The van der Waals surface area contributed by atoms with Crippen LogP contribution in [0.1, 0.15) is 32.1 Å². The summed E-state index contributed by atoms with van der Waals surface area (Å²) < 4.78 is 5.37. The predicted octanol–water partition coefficient (Wildman–Crippen LogP) is 2.17. The molecule has 0 bridgehead atoms. The number of nitrogens with one attached hydrogen (secondary N) is 1. The maximum atomic E-state index is 12.0. The molecule has 7 nitrogen and oxygen atoms in total. The van der Waals surface area contributed by atoms with Crippen LogP contribution in [0.15, 0.2) is 24.3 Å². The second-order valence-corrected chi connectivity index (χ2v) is 5.56. The Morgan fingerprint density at radius 1 is 1.35 bits per heavy atom. The van der Waals surface area contributed by atoms with E-state index in [1.54, 1.807) is 12.1 Å². The van der Waals surface area contributed by atoms with Gasteiger partial charge in [-0.1, -0.05) is 25.0 Å². The highest BCUT2D eigenvalue weighted by atomic mass is 35.5. The minimum atomic E-state index is -0.503. The zero-order valence-electron chi connectivity index (χ0n) is 12.8. The summed E-state index contributed by atoms with van der Waals surface area (Å²) in [7, 11) is 0. The van der Waals surface area contributed by atoms with Crippen molar-refractivity contribution < 1.29 is 14.5 Å². The molecule has 1 saturated carbocycles. The molecule has 1 aromatic rings. The molecule has 3 N–H and O–H groups in total. The first-order valence-corrected chi connectivity index (χ1v) is 7.44. The molecule has 0 aliphatic heterocycles. The van der Waals surface area contributed by atoms with Crippen molar-refractivity contribution in [2.45, 2.75) is 37.6 Å². The van der Waals surface area contributed by atoms with Gasteiger partial charge < -0.3 is 15.8 Å². The summed E-state index contributed by atoms with van der Waals surface area (Å²) in [6.45, 7) is 0.529. The van der Waals surface area contributed by atoms with Gasteiger partial charge in [0.05, 0.1) is 23.5 Å². The Balaban J connectivity index is 0.00000264. The zero-order chi connectivity index (χ0) is 16.0. The average Bonchev–Trinajstić information content (AvgIpc) is 2.96. The Kier molecular flexibility index (Phi) is 7.25. The molecule has 0 radical (unpaired) electrons. The van der Waals surface area contributed by atoms with Crippen molar-refractivity contribution in [3.8, 4) is 5.75 Å². The first kappa shape index (κ1) is 19.2. The van der Waals surface area contributed by atoms with E-state index in [0.717, 1.165) is 25.7 Å². The lowest BCUT2D eigenvalue weighted by molar-refractivity contribution is -0.385. The monoisotopic (exact) mass is 343 g/mol. The summed E-state index contributed by atoms with van der Waals surface area (Å²) in [5, 5.41) is 13.9. The molecule has 8 heteroatoms. The van der Waals surface area contributed by atoms with E-state index in [4.69, 9.17) is 10.5 Å². The van der Waals surface area contributed by atoms with E-state index < -0.39 is 4.92 Å². The number of rotatable bonds is 7. The quantitative estimate of drug-likeness (QED) is 0.582. The van der Waals surface area contributed by atoms with Crippen molar-refractivity contribution in [3.63, 3.8) is 0 Å². The summed E-state index contributed by atoms with van der Waals surface area (Å²) in [5.74, 6) is 0.0423. The third-order valence-corrected chi connectivity index (χ3v) is 4.00. The molecule has 1 aliphatic rings. The predicted molar refractivity (Wildman–Crippen MR) is 88.9 cm³/mol. The number of ether oxygens (including phenoxy) is 1. The minimum absolute atomic E-state index is 0. The molecule has 1 aliphatic carbocycles. The third kappa shape index (κ3) is 5.07. The second kappa shape index (κ2) is 8.69. The SMILES string of the molecule is Cl.NCC1(NC(=O)CCOc2ccccc2[N+](=O)[O-])CCCC1. The van der Waals surface area contributed by atoms with Crippen molar-refractivity contribution in [2.24, 2.45) is 5.73 Å². The number of nitro benzene ring substituents is 1. The van der Waals surface area contributed by atoms with Crippen LogP contribution in [0, 0.1) is 10.1 Å². The molecule has 0 heterocycles. The van der Waals surface area contributed by atoms with Crippen LogP contribution in [0.2, 0.25) is 0 Å². The molecular formula is C15H22ClN3O4. The molecule has 1 amide bonds. The fourth-order valence-corrected chi connectivity index (χ4v) is 2.77. The molecule has 1 fully saturated rings. The van der Waals surface area contributed by atoms with E-state index in [-0.39, 0.29) is 48.3 Å². The number of para-hydroxylation sites is 2. The Labute approximate surface area is 141 Å². The first-order valence-electron chi connectivity index (χ1n) is 7.44. The number of hydrogen-bond acceptors (Lipinski definition) is 5. The van der Waals surface area contributed by atoms with E-state index in [1.165, 1.54) is 12.1 Å². The Morgan fingerprint density at radius 2 is 2.00 bits per heavy atom. The smallest absolute Gasteiger partial charge is 0.310 e. The third-order valence-electron chi connectivity index (χ3n) is 4.00. The molecule has 23 heavy (non-hydrogen) atoms. The van der Waals surface area contributed by atoms with Gasteiger partial charge in [-0.25, -0.2) is 0 Å². The van der Waals surface area contributed by atoms with Gasteiger partial charge >= 0.3 is 5.69 Å². The molecule has 0 spiro atoms. The van der Waals surface area contributed by atoms with Crippen LogP contribution >= 0.6 is 12.4 Å². The number of amides is 1. The standard InChI is InChI=1S/C15H21N3O4.ClH/c16-11-15(8-3-4-9-15)17-14(19)7-10-22-13-6-2-1-5-12(13)18(20)21;/h1-2,5-6H,3-4,7-11,16H2,(H,17,19);1H. The van der Waals surface area contributed by atoms with Crippen LogP contribution in [0.5, 0.6) is 5.75 Å². The highest BCUT2D eigenvalue weighted by Crippen LogP contribution is 2.29. The summed E-state index contributed by atoms with van der Waals surface area (Å²) in [6, 6.07) is 6.12. The van der Waals surface area contributed by atoms with E-state index >= 15 is 0 Å². The summed E-state index contributed by atoms with van der Waals surface area (Å²) >= 11 is 0. The van der Waals surface area contributed by atoms with Gasteiger partial charge in [0.25, 0.3) is 0 Å². The van der Waals surface area contributed by atoms with E-state index in [9.17, 15) is 14.9 Å². The van der Waals surface area contributed by atoms with Gasteiger partial charge in [0.2, 0.25) is 5.91 Å². The number of nitrogens with two attached hydrogens (primary N) is 1. The van der Waals surface area contributed by atoms with Crippen molar-refractivity contribution >= 4 is 24.0 Å². The Hall–Kier alpha value is -1.86. The van der Waals surface area contributed by atoms with Gasteiger partial charge in [0.15, 0.2) is 5.75 Å². The van der Waals surface area contributed by atoms with Crippen LogP contribution < -0.4 is 15.8 Å². The van der Waals surface area contributed by atoms with Gasteiger partial charge in [-0.2, -0.15) is 0 Å². The van der Waals surface area contributed by atoms with E-state index in [1.807, 2.05) is 0 Å². The summed E-state index contributed by atoms with van der Waals surface area (Å²) in [6.07, 6.45) is 4.10. The first-order chi connectivity index (χ1) is 10.6. The van der Waals surface area contributed by atoms with Crippen LogP contribution in [0.4, 0.5) is 5.69 Å². The zero-order valence-corrected chi connectivity index (χ0v) is 13.6. The summed E-state index contributed by atoms with van der Waals surface area (Å²) in [4.78, 5) is 22.4. The van der Waals surface area contributed by atoms with Gasteiger partial charge in [-0.05, 0) is 18.9 Å². The molecule has 0 aromatic heterocycles. The van der Waals surface area contributed by atoms with Crippen LogP contribution in [0.25, 0.3) is 0 Å². The molecular weight excluding hydrogens is 322 g/mol. The minimum Gasteiger partial charge on any atom is -0.486 e. The van der Waals surface area contributed by atoms with Crippen LogP contribution in [0.3, 0.4) is 0 Å². The lowest BCUT2D eigenvalue weighted by Crippen LogP contribution is -2.51. The highest BCUT2D eigenvalue weighted by molar-refractivity contribution is 5.85. The van der Waals surface area contributed by atoms with Gasteiger partial charge in [-0.3, -0.25) is 14.9 Å². The Morgan fingerprint density at radius 3 is 2.61 bits per heavy atom. The maximum absolute atomic E-state index is 12.0. The number of carbonyl (C=O) groups is 1.